The predicted molar refractivity (Wildman–Crippen MR) is 87.0 cm³/mol. The number of rotatable bonds is 6. The van der Waals surface area contributed by atoms with E-state index in [9.17, 15) is 5.11 Å². The molecule has 3 heterocycles. The fourth-order valence-electron chi connectivity index (χ4n) is 3.67. The van der Waals surface area contributed by atoms with Crippen molar-refractivity contribution < 1.29 is 9.52 Å². The molecular formula is C17H25N5O2. The topological polar surface area (TPSA) is 80.2 Å². The maximum absolute atomic E-state index is 10.5. The Labute approximate surface area is 141 Å². The Morgan fingerprint density at radius 3 is 2.96 bits per heavy atom. The van der Waals surface area contributed by atoms with Crippen LogP contribution in [0.25, 0.3) is 0 Å². The number of nitrogens with zero attached hydrogens (tertiary/aromatic N) is 5. The van der Waals surface area contributed by atoms with Crippen LogP contribution in [0, 0.1) is 0 Å². The highest BCUT2D eigenvalue weighted by atomic mass is 16.4. The van der Waals surface area contributed by atoms with Crippen LogP contribution in [-0.2, 0) is 6.54 Å². The Balaban J connectivity index is 1.46. The van der Waals surface area contributed by atoms with Crippen LogP contribution in [0.2, 0.25) is 0 Å². The van der Waals surface area contributed by atoms with E-state index < -0.39 is 6.10 Å². The zero-order valence-electron chi connectivity index (χ0n) is 13.9. The summed E-state index contributed by atoms with van der Waals surface area (Å²) in [6, 6.07) is 4.50. The van der Waals surface area contributed by atoms with Gasteiger partial charge in [0.05, 0.1) is 18.8 Å². The second-order valence-electron chi connectivity index (χ2n) is 7.01. The van der Waals surface area contributed by atoms with E-state index in [2.05, 4.69) is 20.4 Å². The van der Waals surface area contributed by atoms with Crippen LogP contribution in [-0.4, -0.2) is 42.8 Å². The van der Waals surface area contributed by atoms with Crippen molar-refractivity contribution in [1.82, 2.24) is 25.1 Å². The van der Waals surface area contributed by atoms with E-state index in [1.54, 1.807) is 6.26 Å². The first kappa shape index (κ1) is 15.8. The first-order valence-corrected chi connectivity index (χ1v) is 9.03. The summed E-state index contributed by atoms with van der Waals surface area (Å²) in [7, 11) is 0. The van der Waals surface area contributed by atoms with Crippen molar-refractivity contribution in [2.75, 3.05) is 6.54 Å². The summed E-state index contributed by atoms with van der Waals surface area (Å²) in [4.78, 5) is 2.45. The molecule has 2 aliphatic rings. The van der Waals surface area contributed by atoms with E-state index in [4.69, 9.17) is 4.42 Å². The molecule has 1 saturated heterocycles. The van der Waals surface area contributed by atoms with Gasteiger partial charge < -0.3 is 9.52 Å². The first-order chi connectivity index (χ1) is 11.8. The van der Waals surface area contributed by atoms with E-state index >= 15 is 0 Å². The van der Waals surface area contributed by atoms with Crippen LogP contribution in [0.4, 0.5) is 0 Å². The van der Waals surface area contributed by atoms with E-state index in [1.807, 2.05) is 16.8 Å². The molecule has 0 radical (unpaired) electrons. The van der Waals surface area contributed by atoms with E-state index in [0.717, 1.165) is 25.3 Å². The molecule has 0 unspecified atom stereocenters. The number of aromatic nitrogens is 4. The van der Waals surface area contributed by atoms with Crippen molar-refractivity contribution in [2.45, 2.75) is 69.7 Å². The zero-order chi connectivity index (χ0) is 16.4. The summed E-state index contributed by atoms with van der Waals surface area (Å²) < 4.78 is 7.35. The molecule has 130 valence electrons. The molecule has 2 fully saturated rings. The number of furan rings is 1. The fourth-order valence-corrected chi connectivity index (χ4v) is 3.67. The van der Waals surface area contributed by atoms with Crippen molar-refractivity contribution in [3.05, 3.63) is 30.0 Å². The van der Waals surface area contributed by atoms with Gasteiger partial charge >= 0.3 is 0 Å². The molecule has 24 heavy (non-hydrogen) atoms. The molecule has 1 aliphatic carbocycles. The first-order valence-electron chi connectivity index (χ1n) is 9.03. The highest BCUT2D eigenvalue weighted by molar-refractivity contribution is 5.03. The number of tetrazole rings is 1. The van der Waals surface area contributed by atoms with Gasteiger partial charge in [0.1, 0.15) is 11.9 Å². The average Bonchev–Trinajstić information content (AvgIpc) is 3.14. The minimum atomic E-state index is -0.551. The highest BCUT2D eigenvalue weighted by Crippen LogP contribution is 2.35. The van der Waals surface area contributed by atoms with Gasteiger partial charge in [-0.1, -0.05) is 12.8 Å². The molecule has 0 spiro atoms. The van der Waals surface area contributed by atoms with E-state index in [-0.39, 0.29) is 0 Å². The number of aliphatic hydroxyl groups is 1. The number of likely N-dealkylation sites (tertiary alicyclic amines) is 1. The van der Waals surface area contributed by atoms with Gasteiger partial charge in [0.15, 0.2) is 5.82 Å². The lowest BCUT2D eigenvalue weighted by Crippen LogP contribution is -2.36. The lowest BCUT2D eigenvalue weighted by Gasteiger charge is -2.30. The lowest BCUT2D eigenvalue weighted by atomic mass is 10.0. The number of hydrogen-bond donors (Lipinski definition) is 1. The van der Waals surface area contributed by atoms with Crippen molar-refractivity contribution in [3.63, 3.8) is 0 Å². The van der Waals surface area contributed by atoms with Crippen molar-refractivity contribution in [2.24, 2.45) is 0 Å². The third kappa shape index (κ3) is 3.52. The molecule has 4 rings (SSSR count). The Kier molecular flexibility index (Phi) is 4.62. The van der Waals surface area contributed by atoms with Gasteiger partial charge in [0, 0.05) is 6.04 Å². The Bertz CT molecular complexity index is 637. The number of hydrogen-bond acceptors (Lipinski definition) is 6. The summed E-state index contributed by atoms with van der Waals surface area (Å²) in [5.74, 6) is 1.61. The normalized spacial score (nSPS) is 24.0. The van der Waals surface area contributed by atoms with Crippen LogP contribution in [0.5, 0.6) is 0 Å². The standard InChI is InChI=1S/C17H25N5O2/c23-15(16-6-4-10-24-16)11-14-5-2-1-3-9-21(14)12-17-18-19-20-22(17)13-7-8-13/h4,6,10,13-15,23H,1-3,5,7-9,11-12H2/t14-,15-/m1/s1. The van der Waals surface area contributed by atoms with Crippen LogP contribution >= 0.6 is 0 Å². The van der Waals surface area contributed by atoms with Gasteiger partial charge in [-0.2, -0.15) is 0 Å². The van der Waals surface area contributed by atoms with Gasteiger partial charge in [-0.3, -0.25) is 4.90 Å². The second kappa shape index (κ2) is 7.03. The van der Waals surface area contributed by atoms with Gasteiger partial charge in [-0.15, -0.1) is 5.10 Å². The molecule has 2 atom stereocenters. The second-order valence-corrected chi connectivity index (χ2v) is 7.01. The molecule has 2 aromatic heterocycles. The maximum Gasteiger partial charge on any atom is 0.165 e. The van der Waals surface area contributed by atoms with Crippen molar-refractivity contribution in [3.8, 4) is 0 Å². The maximum atomic E-state index is 10.5. The minimum absolute atomic E-state index is 0.331. The summed E-state index contributed by atoms with van der Waals surface area (Å²) in [5.41, 5.74) is 0. The fraction of sp³-hybridized carbons (Fsp3) is 0.706. The molecule has 1 N–H and O–H groups in total. The van der Waals surface area contributed by atoms with E-state index in [1.165, 1.54) is 32.1 Å². The Morgan fingerprint density at radius 1 is 1.25 bits per heavy atom. The van der Waals surface area contributed by atoms with E-state index in [0.29, 0.717) is 24.3 Å². The van der Waals surface area contributed by atoms with Crippen LogP contribution in [0.1, 0.15) is 68.7 Å². The molecule has 7 nitrogen and oxygen atoms in total. The summed E-state index contributed by atoms with van der Waals surface area (Å²) in [6.07, 6.45) is 8.87. The van der Waals surface area contributed by atoms with Crippen LogP contribution in [0.3, 0.4) is 0 Å². The smallest absolute Gasteiger partial charge is 0.165 e. The van der Waals surface area contributed by atoms with Crippen LogP contribution < -0.4 is 0 Å². The Hall–Kier alpha value is -1.73. The monoisotopic (exact) mass is 331 g/mol. The SMILES string of the molecule is O[C@H](C[C@H]1CCCCCN1Cc1nnnn1C1CC1)c1ccco1. The molecule has 1 saturated carbocycles. The largest absolute Gasteiger partial charge is 0.467 e. The molecular weight excluding hydrogens is 306 g/mol. The van der Waals surface area contributed by atoms with Gasteiger partial charge in [0.2, 0.25) is 0 Å². The minimum Gasteiger partial charge on any atom is -0.467 e. The van der Waals surface area contributed by atoms with Crippen molar-refractivity contribution >= 4 is 0 Å². The molecule has 7 heteroatoms. The lowest BCUT2D eigenvalue weighted by molar-refractivity contribution is 0.0811. The molecule has 0 amide bonds. The highest BCUT2D eigenvalue weighted by Gasteiger charge is 2.30. The van der Waals surface area contributed by atoms with Gasteiger partial charge in [-0.25, -0.2) is 4.68 Å². The third-order valence-electron chi connectivity index (χ3n) is 5.16. The zero-order valence-corrected chi connectivity index (χ0v) is 13.9. The third-order valence-corrected chi connectivity index (χ3v) is 5.16. The molecule has 1 aliphatic heterocycles. The van der Waals surface area contributed by atoms with Crippen LogP contribution in [0.15, 0.2) is 22.8 Å². The quantitative estimate of drug-likeness (QED) is 0.876. The summed E-state index contributed by atoms with van der Waals surface area (Å²) in [5, 5.41) is 22.8. The molecule has 0 bridgehead atoms. The molecule has 0 aromatic carbocycles. The summed E-state index contributed by atoms with van der Waals surface area (Å²) in [6.45, 7) is 1.80. The summed E-state index contributed by atoms with van der Waals surface area (Å²) >= 11 is 0. The Morgan fingerprint density at radius 2 is 2.17 bits per heavy atom. The number of aliphatic hydroxyl groups excluding tert-OH is 1. The van der Waals surface area contributed by atoms with Gasteiger partial charge in [-0.05, 0) is 61.2 Å². The molecule has 2 aromatic rings. The average molecular weight is 331 g/mol. The van der Waals surface area contributed by atoms with Crippen molar-refractivity contribution in [1.29, 1.82) is 0 Å². The van der Waals surface area contributed by atoms with Gasteiger partial charge in [0.25, 0.3) is 0 Å². The predicted octanol–water partition coefficient (Wildman–Crippen LogP) is 2.47.